The fourth-order valence-corrected chi connectivity index (χ4v) is 6.08. The molecule has 0 aliphatic rings. The minimum atomic E-state index is -0.684. The number of hydrogen-bond donors (Lipinski definition) is 0. The van der Waals surface area contributed by atoms with Gasteiger partial charge in [-0.05, 0) is 82.8 Å². The molecule has 9 aromatic rings. The molecule has 0 spiro atoms. The first kappa shape index (κ1) is 15.6. The number of rotatable bonds is 4. The summed E-state index contributed by atoms with van der Waals surface area (Å²) in [4.78, 5) is 0. The maximum absolute atomic E-state index is 9.62. The molecule has 7 aromatic carbocycles. The Bertz CT molecular complexity index is 3120. The Morgan fingerprint density at radius 1 is 0.364 bits per heavy atom. The fourth-order valence-electron chi connectivity index (χ4n) is 6.08. The Morgan fingerprint density at radius 3 is 1.89 bits per heavy atom. The number of hydrogen-bond acceptors (Lipinski definition) is 0. The highest BCUT2D eigenvalue weighted by atomic mass is 15.0. The molecule has 0 fully saturated rings. The van der Waals surface area contributed by atoms with E-state index in [1.807, 2.05) is 54.6 Å². The average Bonchev–Trinajstić information content (AvgIpc) is 3.74. The van der Waals surface area contributed by atoms with Gasteiger partial charge in [-0.3, -0.25) is 0 Å². The van der Waals surface area contributed by atoms with Crippen molar-refractivity contribution in [2.24, 2.45) is 0 Å². The summed E-state index contributed by atoms with van der Waals surface area (Å²) in [6.07, 6.45) is 0. The van der Waals surface area contributed by atoms with Crippen LogP contribution in [0.5, 0.6) is 0 Å². The van der Waals surface area contributed by atoms with Gasteiger partial charge in [0.1, 0.15) is 0 Å². The van der Waals surface area contributed by atoms with Gasteiger partial charge in [0.2, 0.25) is 0 Å². The number of aromatic nitrogens is 2. The third-order valence-corrected chi connectivity index (χ3v) is 8.06. The fraction of sp³-hybridized carbons (Fsp3) is 0. The second-order valence-corrected chi connectivity index (χ2v) is 10.5. The van der Waals surface area contributed by atoms with Crippen LogP contribution in [0.2, 0.25) is 0 Å². The predicted octanol–water partition coefficient (Wildman–Crippen LogP) is 11.2. The van der Waals surface area contributed by atoms with Crippen LogP contribution in [0.3, 0.4) is 0 Å². The van der Waals surface area contributed by atoms with Gasteiger partial charge < -0.3 is 9.13 Å². The van der Waals surface area contributed by atoms with E-state index in [0.717, 1.165) is 43.2 Å². The van der Waals surface area contributed by atoms with E-state index in [4.69, 9.17) is 12.3 Å². The molecule has 44 heavy (non-hydrogen) atoms. The SMILES string of the molecule is [2H]c1c([2H])c([2H])c(-n2c3c([2H])c([2H])c([2H])c([2H])c3c3c([2H])c(-c4ccc5c(c4)c4ccccc4n5-c4ccc(-c5ccccc5)cc4)c([2H])c([2H])c32)c([2H])c1[2H]. The molecule has 0 atom stereocenters. The van der Waals surface area contributed by atoms with E-state index < -0.39 is 72.2 Å². The smallest absolute Gasteiger partial charge is 0.0645 e. The molecule has 0 saturated heterocycles. The molecule has 0 saturated carbocycles. The summed E-state index contributed by atoms with van der Waals surface area (Å²) in [5, 5.41) is 1.47. The molecule has 2 aromatic heterocycles. The van der Waals surface area contributed by atoms with Crippen molar-refractivity contribution in [3.63, 3.8) is 0 Å². The summed E-state index contributed by atoms with van der Waals surface area (Å²) in [7, 11) is 0. The zero-order valence-electron chi connectivity index (χ0n) is 35.1. The van der Waals surface area contributed by atoms with Gasteiger partial charge in [-0.25, -0.2) is 0 Å². The van der Waals surface area contributed by atoms with E-state index in [2.05, 4.69) is 41.0 Å². The molecule has 2 heteroatoms. The topological polar surface area (TPSA) is 9.86 Å². The zero-order chi connectivity index (χ0) is 39.5. The Labute approximate surface area is 272 Å². The quantitative estimate of drug-likeness (QED) is 0.198. The van der Waals surface area contributed by atoms with Gasteiger partial charge in [-0.2, -0.15) is 0 Å². The van der Waals surface area contributed by atoms with Crippen molar-refractivity contribution >= 4 is 43.6 Å². The summed E-state index contributed by atoms with van der Waals surface area (Å²) in [5.74, 6) is 0. The van der Waals surface area contributed by atoms with E-state index in [-0.39, 0.29) is 33.4 Å². The number of fused-ring (bicyclic) bond motifs is 6. The summed E-state index contributed by atoms with van der Waals surface area (Å²) in [5.41, 5.74) is 4.40. The van der Waals surface area contributed by atoms with Crippen LogP contribution >= 0.6 is 0 Å². The molecule has 0 aliphatic carbocycles. The normalized spacial score (nSPS) is 15.5. The molecule has 0 radical (unpaired) electrons. The van der Waals surface area contributed by atoms with Crippen molar-refractivity contribution in [2.45, 2.75) is 0 Å². The van der Waals surface area contributed by atoms with Crippen LogP contribution in [0, 0.1) is 0 Å². The Balaban J connectivity index is 1.34. The van der Waals surface area contributed by atoms with Gasteiger partial charge in [0, 0.05) is 32.9 Å². The highest BCUT2D eigenvalue weighted by Gasteiger charge is 2.16. The predicted molar refractivity (Wildman–Crippen MR) is 186 cm³/mol. The van der Waals surface area contributed by atoms with Crippen LogP contribution in [-0.2, 0) is 0 Å². The van der Waals surface area contributed by atoms with Gasteiger partial charge in [0.15, 0.2) is 0 Å². The Kier molecular flexibility index (Phi) is 3.49. The van der Waals surface area contributed by atoms with Crippen molar-refractivity contribution in [3.8, 4) is 33.6 Å². The van der Waals surface area contributed by atoms with Crippen LogP contribution in [0.4, 0.5) is 0 Å². The largest absolute Gasteiger partial charge is 0.309 e. The molecule has 2 nitrogen and oxygen atoms in total. The molecule has 2 heterocycles. The maximum Gasteiger partial charge on any atom is 0.0645 e. The first-order chi connectivity index (χ1) is 26.8. The van der Waals surface area contributed by atoms with Gasteiger partial charge >= 0.3 is 0 Å². The molecule has 206 valence electrons. The maximum atomic E-state index is 9.62. The van der Waals surface area contributed by atoms with E-state index >= 15 is 0 Å². The molecule has 0 bridgehead atoms. The van der Waals surface area contributed by atoms with Crippen LogP contribution in [-0.4, -0.2) is 9.13 Å². The van der Waals surface area contributed by atoms with Gasteiger partial charge in [0.05, 0.1) is 38.5 Å². The summed E-state index contributed by atoms with van der Waals surface area (Å²) < 4.78 is 109. The minimum absolute atomic E-state index is 0.0426. The van der Waals surface area contributed by atoms with Crippen molar-refractivity contribution in [3.05, 3.63) is 170 Å². The van der Waals surface area contributed by atoms with Gasteiger partial charge in [0.25, 0.3) is 0 Å². The molecule has 0 unspecified atom stereocenters. The van der Waals surface area contributed by atoms with Crippen LogP contribution < -0.4 is 0 Å². The molecular formula is C42H28N2. The van der Waals surface area contributed by atoms with Crippen LogP contribution in [0.1, 0.15) is 16.4 Å². The van der Waals surface area contributed by atoms with E-state index in [9.17, 15) is 4.11 Å². The van der Waals surface area contributed by atoms with Crippen LogP contribution in [0.15, 0.2) is 170 Å². The lowest BCUT2D eigenvalue weighted by atomic mass is 10.0. The molecule has 0 amide bonds. The number of para-hydroxylation sites is 3. The van der Waals surface area contributed by atoms with E-state index in [0.29, 0.717) is 5.56 Å². The lowest BCUT2D eigenvalue weighted by molar-refractivity contribution is 1.18. The third kappa shape index (κ3) is 3.82. The Hall–Kier alpha value is -5.86. The Morgan fingerprint density at radius 2 is 1.02 bits per heavy atom. The monoisotopic (exact) mass is 572 g/mol. The highest BCUT2D eigenvalue weighted by Crippen LogP contribution is 2.38. The highest BCUT2D eigenvalue weighted by molar-refractivity contribution is 6.12. The van der Waals surface area contributed by atoms with Crippen molar-refractivity contribution in [1.29, 1.82) is 0 Å². The van der Waals surface area contributed by atoms with Gasteiger partial charge in [-0.1, -0.05) is 109 Å². The standard InChI is InChI=1S/C42H28N2/c1-3-11-29(12-4-1)30-19-23-34(24-20-30)44-40-18-10-8-16-36(40)38-28-32(22-26-42(38)44)31-21-25-41-37(27-31)35-15-7-9-17-39(35)43(41)33-13-5-2-6-14-33/h1-28H/i2D,5D,6D,7D,9D,13D,14D,15D,17D,21D,25D,27D. The van der Waals surface area contributed by atoms with Crippen molar-refractivity contribution in [1.82, 2.24) is 9.13 Å². The lowest BCUT2D eigenvalue weighted by Crippen LogP contribution is -1.93. The third-order valence-electron chi connectivity index (χ3n) is 8.06. The van der Waals surface area contributed by atoms with Crippen LogP contribution in [0.25, 0.3) is 77.2 Å². The first-order valence-corrected chi connectivity index (χ1v) is 14.1. The second-order valence-electron chi connectivity index (χ2n) is 10.5. The van der Waals surface area contributed by atoms with E-state index in [1.165, 1.54) is 0 Å². The van der Waals surface area contributed by atoms with Crippen molar-refractivity contribution < 1.29 is 16.4 Å². The van der Waals surface area contributed by atoms with Crippen molar-refractivity contribution in [2.75, 3.05) is 0 Å². The molecule has 9 rings (SSSR count). The van der Waals surface area contributed by atoms with Gasteiger partial charge in [-0.15, -0.1) is 0 Å². The number of nitrogens with zero attached hydrogens (tertiary/aromatic N) is 2. The lowest BCUT2D eigenvalue weighted by Gasteiger charge is -2.10. The van der Waals surface area contributed by atoms with E-state index in [1.54, 1.807) is 6.07 Å². The zero-order valence-corrected chi connectivity index (χ0v) is 23.1. The second kappa shape index (κ2) is 9.86. The molecular weight excluding hydrogens is 532 g/mol. The average molecular weight is 573 g/mol. The summed E-state index contributed by atoms with van der Waals surface area (Å²) in [6, 6.07) is 24.8. The number of benzene rings is 7. The summed E-state index contributed by atoms with van der Waals surface area (Å²) >= 11 is 0. The first-order valence-electron chi connectivity index (χ1n) is 20.1. The molecule has 0 aliphatic heterocycles. The summed E-state index contributed by atoms with van der Waals surface area (Å²) in [6.45, 7) is 0. The minimum Gasteiger partial charge on any atom is -0.309 e. The molecule has 0 N–H and O–H groups in total.